The van der Waals surface area contributed by atoms with Crippen molar-refractivity contribution in [2.75, 3.05) is 13.1 Å². The number of hydrogen-bond donors (Lipinski definition) is 1. The average molecular weight is 262 g/mol. The summed E-state index contributed by atoms with van der Waals surface area (Å²) in [6.45, 7) is 5.78. The molecule has 19 heavy (non-hydrogen) atoms. The van der Waals surface area contributed by atoms with Gasteiger partial charge in [-0.05, 0) is 49.9 Å². The SMILES string of the molecule is Cc1cc(F)ccc1C(=O)N1C(C)CC2CNCC21. The first-order valence-corrected chi connectivity index (χ1v) is 6.87. The largest absolute Gasteiger partial charge is 0.331 e. The summed E-state index contributed by atoms with van der Waals surface area (Å²) < 4.78 is 13.1. The van der Waals surface area contributed by atoms with Gasteiger partial charge in [0.15, 0.2) is 0 Å². The van der Waals surface area contributed by atoms with Crippen LogP contribution in [0.15, 0.2) is 18.2 Å². The highest BCUT2D eigenvalue weighted by molar-refractivity contribution is 5.96. The highest BCUT2D eigenvalue weighted by Crippen LogP contribution is 2.33. The van der Waals surface area contributed by atoms with Crippen LogP contribution in [-0.4, -0.2) is 36.0 Å². The van der Waals surface area contributed by atoms with Crippen LogP contribution >= 0.6 is 0 Å². The maximum Gasteiger partial charge on any atom is 0.254 e. The molecule has 2 heterocycles. The van der Waals surface area contributed by atoms with Gasteiger partial charge in [-0.3, -0.25) is 4.79 Å². The number of carbonyl (C=O) groups is 1. The summed E-state index contributed by atoms with van der Waals surface area (Å²) in [5, 5.41) is 3.35. The summed E-state index contributed by atoms with van der Waals surface area (Å²) in [6.07, 6.45) is 1.06. The number of nitrogens with zero attached hydrogens (tertiary/aromatic N) is 1. The number of aryl methyl sites for hydroxylation is 1. The minimum absolute atomic E-state index is 0.0428. The van der Waals surface area contributed by atoms with Crippen molar-refractivity contribution in [1.29, 1.82) is 0 Å². The molecule has 2 aliphatic rings. The fourth-order valence-corrected chi connectivity index (χ4v) is 3.52. The van der Waals surface area contributed by atoms with Gasteiger partial charge >= 0.3 is 0 Å². The van der Waals surface area contributed by atoms with Crippen LogP contribution in [0, 0.1) is 18.7 Å². The first-order valence-electron chi connectivity index (χ1n) is 6.87. The van der Waals surface area contributed by atoms with E-state index < -0.39 is 0 Å². The molecule has 2 fully saturated rings. The number of benzene rings is 1. The molecule has 0 aliphatic carbocycles. The molecule has 3 rings (SSSR count). The number of rotatable bonds is 1. The first kappa shape index (κ1) is 12.6. The third-order valence-electron chi connectivity index (χ3n) is 4.43. The van der Waals surface area contributed by atoms with Gasteiger partial charge in [0.25, 0.3) is 5.91 Å². The number of fused-ring (bicyclic) bond motifs is 1. The van der Waals surface area contributed by atoms with E-state index in [1.807, 2.05) is 4.90 Å². The molecule has 0 radical (unpaired) electrons. The maximum absolute atomic E-state index is 13.1. The second kappa shape index (κ2) is 4.60. The summed E-state index contributed by atoms with van der Waals surface area (Å²) in [4.78, 5) is 14.7. The van der Waals surface area contributed by atoms with Gasteiger partial charge in [0, 0.05) is 30.7 Å². The highest BCUT2D eigenvalue weighted by Gasteiger charge is 2.44. The lowest BCUT2D eigenvalue weighted by molar-refractivity contribution is 0.0681. The monoisotopic (exact) mass is 262 g/mol. The third kappa shape index (κ3) is 2.04. The lowest BCUT2D eigenvalue weighted by atomic mass is 10.0. The number of hydrogen-bond acceptors (Lipinski definition) is 2. The minimum atomic E-state index is -0.288. The fourth-order valence-electron chi connectivity index (χ4n) is 3.52. The second-order valence-electron chi connectivity index (χ2n) is 5.74. The summed E-state index contributed by atoms with van der Waals surface area (Å²) >= 11 is 0. The Labute approximate surface area is 112 Å². The van der Waals surface area contributed by atoms with Crippen molar-refractivity contribution in [2.45, 2.75) is 32.4 Å². The first-order chi connectivity index (χ1) is 9.08. The number of nitrogens with one attached hydrogen (secondary N) is 1. The van der Waals surface area contributed by atoms with Gasteiger partial charge in [-0.1, -0.05) is 0 Å². The molecular formula is C15H19FN2O. The molecule has 2 saturated heterocycles. The molecule has 0 bridgehead atoms. The van der Waals surface area contributed by atoms with Crippen molar-refractivity contribution in [3.8, 4) is 0 Å². The third-order valence-corrected chi connectivity index (χ3v) is 4.43. The number of halogens is 1. The van der Waals surface area contributed by atoms with Crippen molar-refractivity contribution in [3.05, 3.63) is 35.1 Å². The molecule has 1 amide bonds. The molecule has 2 aliphatic heterocycles. The summed E-state index contributed by atoms with van der Waals surface area (Å²) in [6, 6.07) is 4.97. The van der Waals surface area contributed by atoms with Crippen LogP contribution in [0.1, 0.15) is 29.3 Å². The molecule has 0 aromatic heterocycles. The zero-order valence-corrected chi connectivity index (χ0v) is 11.3. The maximum atomic E-state index is 13.1. The van der Waals surface area contributed by atoms with E-state index in [1.165, 1.54) is 12.1 Å². The number of amides is 1. The molecule has 102 valence electrons. The minimum Gasteiger partial charge on any atom is -0.331 e. The van der Waals surface area contributed by atoms with Crippen LogP contribution in [0.25, 0.3) is 0 Å². The quantitative estimate of drug-likeness (QED) is 0.839. The number of likely N-dealkylation sites (tertiary alicyclic amines) is 1. The smallest absolute Gasteiger partial charge is 0.254 e. The zero-order chi connectivity index (χ0) is 13.6. The van der Waals surface area contributed by atoms with Gasteiger partial charge in [0.1, 0.15) is 5.82 Å². The van der Waals surface area contributed by atoms with Crippen LogP contribution < -0.4 is 5.32 Å². The molecule has 3 unspecified atom stereocenters. The van der Waals surface area contributed by atoms with E-state index in [0.717, 1.165) is 19.5 Å². The zero-order valence-electron chi connectivity index (χ0n) is 11.3. The van der Waals surface area contributed by atoms with E-state index in [2.05, 4.69) is 12.2 Å². The van der Waals surface area contributed by atoms with E-state index in [1.54, 1.807) is 13.0 Å². The molecule has 1 aromatic rings. The van der Waals surface area contributed by atoms with Crippen molar-refractivity contribution in [2.24, 2.45) is 5.92 Å². The van der Waals surface area contributed by atoms with E-state index in [4.69, 9.17) is 0 Å². The van der Waals surface area contributed by atoms with Gasteiger partial charge < -0.3 is 10.2 Å². The Kier molecular flexibility index (Phi) is 3.05. The van der Waals surface area contributed by atoms with Crippen LogP contribution in [0.4, 0.5) is 4.39 Å². The molecule has 3 nitrogen and oxygen atoms in total. The predicted octanol–water partition coefficient (Wildman–Crippen LogP) is 1.96. The van der Waals surface area contributed by atoms with E-state index in [0.29, 0.717) is 23.1 Å². The molecule has 0 saturated carbocycles. The highest BCUT2D eigenvalue weighted by atomic mass is 19.1. The fraction of sp³-hybridized carbons (Fsp3) is 0.533. The van der Waals surface area contributed by atoms with Gasteiger partial charge in [0.05, 0.1) is 0 Å². The normalized spacial score (nSPS) is 29.6. The van der Waals surface area contributed by atoms with Crippen molar-refractivity contribution < 1.29 is 9.18 Å². The van der Waals surface area contributed by atoms with Crippen LogP contribution in [0.5, 0.6) is 0 Å². The Morgan fingerprint density at radius 2 is 2.21 bits per heavy atom. The summed E-state index contributed by atoms with van der Waals surface area (Å²) in [5.41, 5.74) is 1.34. The average Bonchev–Trinajstić information content (AvgIpc) is 2.87. The Morgan fingerprint density at radius 1 is 1.42 bits per heavy atom. The van der Waals surface area contributed by atoms with E-state index in [9.17, 15) is 9.18 Å². The second-order valence-corrected chi connectivity index (χ2v) is 5.74. The Bertz CT molecular complexity index is 517. The molecule has 4 heteroatoms. The van der Waals surface area contributed by atoms with Gasteiger partial charge in [-0.25, -0.2) is 4.39 Å². The lowest BCUT2D eigenvalue weighted by Crippen LogP contribution is -2.43. The molecular weight excluding hydrogens is 243 g/mol. The van der Waals surface area contributed by atoms with Crippen LogP contribution in [0.3, 0.4) is 0 Å². The number of carbonyl (C=O) groups excluding carboxylic acids is 1. The molecule has 1 N–H and O–H groups in total. The molecule has 1 aromatic carbocycles. The standard InChI is InChI=1S/C15H19FN2O/c1-9-5-12(16)3-4-13(9)15(19)18-10(2)6-11-7-17-8-14(11)18/h3-5,10-11,14,17H,6-8H2,1-2H3. The van der Waals surface area contributed by atoms with Crippen LogP contribution in [0.2, 0.25) is 0 Å². The Morgan fingerprint density at radius 3 is 2.95 bits per heavy atom. The summed E-state index contributed by atoms with van der Waals surface area (Å²) in [7, 11) is 0. The molecule has 0 spiro atoms. The topological polar surface area (TPSA) is 32.3 Å². The van der Waals surface area contributed by atoms with Gasteiger partial charge in [-0.15, -0.1) is 0 Å². The van der Waals surface area contributed by atoms with E-state index in [-0.39, 0.29) is 17.8 Å². The molecule has 3 atom stereocenters. The van der Waals surface area contributed by atoms with Crippen LogP contribution in [-0.2, 0) is 0 Å². The van der Waals surface area contributed by atoms with Gasteiger partial charge in [-0.2, -0.15) is 0 Å². The van der Waals surface area contributed by atoms with Gasteiger partial charge in [0.2, 0.25) is 0 Å². The summed E-state index contributed by atoms with van der Waals surface area (Å²) in [5.74, 6) is 0.324. The Hall–Kier alpha value is -1.42. The van der Waals surface area contributed by atoms with Crippen molar-refractivity contribution in [1.82, 2.24) is 10.2 Å². The lowest BCUT2D eigenvalue weighted by Gasteiger charge is -2.28. The van der Waals surface area contributed by atoms with Crippen molar-refractivity contribution >= 4 is 5.91 Å². The predicted molar refractivity (Wildman–Crippen MR) is 71.5 cm³/mol. The Balaban J connectivity index is 1.90. The van der Waals surface area contributed by atoms with E-state index >= 15 is 0 Å². The van der Waals surface area contributed by atoms with Crippen molar-refractivity contribution in [3.63, 3.8) is 0 Å².